The van der Waals surface area contributed by atoms with E-state index in [4.69, 9.17) is 0 Å². The van der Waals surface area contributed by atoms with Crippen molar-refractivity contribution in [3.8, 4) is 0 Å². The van der Waals surface area contributed by atoms with Gasteiger partial charge in [0.05, 0.1) is 0 Å². The molecule has 3 rings (SSSR count). The molecule has 2 aliphatic heterocycles. The van der Waals surface area contributed by atoms with Gasteiger partial charge in [-0.3, -0.25) is 4.79 Å². The number of carbonyl (C=O) groups is 1. The third-order valence-electron chi connectivity index (χ3n) is 4.76. The average molecular weight is 395 g/mol. The van der Waals surface area contributed by atoms with Gasteiger partial charge in [-0.15, -0.1) is 36.2 Å². The third-order valence-corrected chi connectivity index (χ3v) is 5.60. The van der Waals surface area contributed by atoms with Gasteiger partial charge in [-0.05, 0) is 44.7 Å². The lowest BCUT2D eigenvalue weighted by molar-refractivity contribution is -0.131. The fourth-order valence-electron chi connectivity index (χ4n) is 3.39. The third kappa shape index (κ3) is 6.06. The van der Waals surface area contributed by atoms with Crippen molar-refractivity contribution < 1.29 is 4.79 Å². The molecular formula is C16H28Cl2N4OS. The fraction of sp³-hybridized carbons (Fsp3) is 0.750. The molecule has 138 valence electrons. The van der Waals surface area contributed by atoms with Gasteiger partial charge in [-0.1, -0.05) is 0 Å². The number of aromatic nitrogens is 1. The van der Waals surface area contributed by atoms with Crippen molar-refractivity contribution in [2.24, 2.45) is 5.92 Å². The molecule has 0 unspecified atom stereocenters. The van der Waals surface area contributed by atoms with E-state index in [2.05, 4.69) is 20.1 Å². The summed E-state index contributed by atoms with van der Waals surface area (Å²) in [4.78, 5) is 21.2. The van der Waals surface area contributed by atoms with Crippen LogP contribution in [0.2, 0.25) is 0 Å². The number of nitrogens with zero attached hydrogens (tertiary/aromatic N) is 3. The van der Waals surface area contributed by atoms with Crippen LogP contribution in [0.1, 0.15) is 32.1 Å². The number of rotatable bonds is 4. The first-order valence-corrected chi connectivity index (χ1v) is 9.34. The summed E-state index contributed by atoms with van der Waals surface area (Å²) in [5, 5.41) is 6.49. The molecule has 0 spiro atoms. The Morgan fingerprint density at radius 3 is 2.71 bits per heavy atom. The molecule has 1 amide bonds. The molecule has 2 saturated heterocycles. The smallest absolute Gasteiger partial charge is 0.222 e. The Balaban J connectivity index is 0.00000144. The van der Waals surface area contributed by atoms with E-state index in [1.807, 2.05) is 11.6 Å². The Hall–Kier alpha value is -0.560. The highest BCUT2D eigenvalue weighted by Gasteiger charge is 2.21. The molecule has 0 radical (unpaired) electrons. The minimum absolute atomic E-state index is 0. The topological polar surface area (TPSA) is 48.5 Å². The zero-order chi connectivity index (χ0) is 15.2. The maximum atomic E-state index is 12.5. The van der Waals surface area contributed by atoms with Crippen LogP contribution < -0.4 is 10.2 Å². The second-order valence-electron chi connectivity index (χ2n) is 6.27. The summed E-state index contributed by atoms with van der Waals surface area (Å²) in [6, 6.07) is 0. The second kappa shape index (κ2) is 11.1. The summed E-state index contributed by atoms with van der Waals surface area (Å²) in [6.07, 6.45) is 7.14. The van der Waals surface area contributed by atoms with E-state index < -0.39 is 0 Å². The first kappa shape index (κ1) is 21.5. The summed E-state index contributed by atoms with van der Waals surface area (Å²) in [6.45, 7) is 5.88. The van der Waals surface area contributed by atoms with Gasteiger partial charge in [0.25, 0.3) is 0 Å². The lowest BCUT2D eigenvalue weighted by Crippen LogP contribution is -2.35. The monoisotopic (exact) mass is 394 g/mol. The van der Waals surface area contributed by atoms with E-state index in [1.165, 1.54) is 12.8 Å². The van der Waals surface area contributed by atoms with E-state index in [9.17, 15) is 4.79 Å². The summed E-state index contributed by atoms with van der Waals surface area (Å²) >= 11 is 1.68. The van der Waals surface area contributed by atoms with E-state index >= 15 is 0 Å². The van der Waals surface area contributed by atoms with Gasteiger partial charge in [0.15, 0.2) is 5.13 Å². The van der Waals surface area contributed by atoms with Crippen molar-refractivity contribution in [1.82, 2.24) is 15.2 Å². The highest BCUT2D eigenvalue weighted by atomic mass is 35.5. The van der Waals surface area contributed by atoms with Gasteiger partial charge < -0.3 is 15.1 Å². The van der Waals surface area contributed by atoms with Crippen LogP contribution in [-0.4, -0.2) is 55.1 Å². The Labute approximate surface area is 161 Å². The van der Waals surface area contributed by atoms with Crippen LogP contribution in [0.3, 0.4) is 0 Å². The van der Waals surface area contributed by atoms with Gasteiger partial charge in [0.2, 0.25) is 5.91 Å². The highest BCUT2D eigenvalue weighted by molar-refractivity contribution is 7.13. The molecule has 0 atom stereocenters. The zero-order valence-corrected chi connectivity index (χ0v) is 16.4. The van der Waals surface area contributed by atoms with Crippen molar-refractivity contribution in [2.75, 3.05) is 44.2 Å². The Kier molecular flexibility index (Phi) is 9.96. The number of hydrogen-bond donors (Lipinski definition) is 1. The summed E-state index contributed by atoms with van der Waals surface area (Å²) in [7, 11) is 0. The maximum absolute atomic E-state index is 12.5. The lowest BCUT2D eigenvalue weighted by atomic mass is 9.93. The summed E-state index contributed by atoms with van der Waals surface area (Å²) in [5.41, 5.74) is 0. The number of halogens is 2. The van der Waals surface area contributed by atoms with Gasteiger partial charge in [0.1, 0.15) is 0 Å². The van der Waals surface area contributed by atoms with Crippen molar-refractivity contribution >= 4 is 47.2 Å². The predicted molar refractivity (Wildman–Crippen MR) is 105 cm³/mol. The minimum atomic E-state index is 0. The molecule has 0 saturated carbocycles. The molecule has 0 aliphatic carbocycles. The molecular weight excluding hydrogens is 367 g/mol. The largest absolute Gasteiger partial charge is 0.346 e. The van der Waals surface area contributed by atoms with Gasteiger partial charge in [0, 0.05) is 44.2 Å². The van der Waals surface area contributed by atoms with Crippen LogP contribution in [0.25, 0.3) is 0 Å². The molecule has 0 bridgehead atoms. The number of thiazole rings is 1. The second-order valence-corrected chi connectivity index (χ2v) is 7.14. The predicted octanol–water partition coefficient (Wildman–Crippen LogP) is 2.81. The highest BCUT2D eigenvalue weighted by Crippen LogP contribution is 2.21. The van der Waals surface area contributed by atoms with Crippen molar-refractivity contribution in [3.63, 3.8) is 0 Å². The number of hydrogen-bond acceptors (Lipinski definition) is 5. The number of anilines is 1. The zero-order valence-electron chi connectivity index (χ0n) is 14.0. The summed E-state index contributed by atoms with van der Waals surface area (Å²) in [5.74, 6) is 1.09. The molecule has 1 N–H and O–H groups in total. The van der Waals surface area contributed by atoms with Crippen molar-refractivity contribution in [1.29, 1.82) is 0 Å². The van der Waals surface area contributed by atoms with Gasteiger partial charge in [-0.2, -0.15) is 0 Å². The first-order chi connectivity index (χ1) is 10.8. The average Bonchev–Trinajstić information content (AvgIpc) is 2.98. The van der Waals surface area contributed by atoms with Crippen LogP contribution in [-0.2, 0) is 4.79 Å². The van der Waals surface area contributed by atoms with E-state index in [0.29, 0.717) is 5.91 Å². The molecule has 2 aliphatic rings. The molecule has 8 heteroatoms. The normalized spacial score (nSPS) is 19.2. The van der Waals surface area contributed by atoms with Crippen LogP contribution in [0.4, 0.5) is 5.13 Å². The Morgan fingerprint density at radius 2 is 2.00 bits per heavy atom. The molecule has 3 heterocycles. The van der Waals surface area contributed by atoms with Gasteiger partial charge in [-0.25, -0.2) is 4.98 Å². The minimum Gasteiger partial charge on any atom is -0.346 e. The molecule has 0 aromatic carbocycles. The summed E-state index contributed by atoms with van der Waals surface area (Å²) < 4.78 is 0. The standard InChI is InChI=1S/C16H26N4OS.2ClH/c21-15(3-2-14-4-6-17-7-5-14)19-9-1-10-20(12-11-19)16-18-8-13-22-16;;/h8,13-14,17H,1-7,9-12H2;2*1H. The van der Waals surface area contributed by atoms with Crippen molar-refractivity contribution in [2.45, 2.75) is 32.1 Å². The molecule has 1 aromatic heterocycles. The Bertz CT molecular complexity index is 469. The van der Waals surface area contributed by atoms with Crippen LogP contribution in [0.15, 0.2) is 11.6 Å². The van der Waals surface area contributed by atoms with Crippen LogP contribution >= 0.6 is 36.2 Å². The first-order valence-electron chi connectivity index (χ1n) is 8.46. The van der Waals surface area contributed by atoms with E-state index in [0.717, 1.165) is 69.6 Å². The van der Waals surface area contributed by atoms with Gasteiger partial charge >= 0.3 is 0 Å². The van der Waals surface area contributed by atoms with Crippen LogP contribution in [0, 0.1) is 5.92 Å². The molecule has 2 fully saturated rings. The number of piperidine rings is 1. The molecule has 5 nitrogen and oxygen atoms in total. The van der Waals surface area contributed by atoms with E-state index in [-0.39, 0.29) is 24.8 Å². The molecule has 24 heavy (non-hydrogen) atoms. The maximum Gasteiger partial charge on any atom is 0.222 e. The van der Waals surface area contributed by atoms with E-state index in [1.54, 1.807) is 11.3 Å². The molecule has 1 aromatic rings. The number of nitrogens with one attached hydrogen (secondary N) is 1. The SMILES string of the molecule is Cl.Cl.O=C(CCC1CCNCC1)N1CCCN(c2nccs2)CC1. The fourth-order valence-corrected chi connectivity index (χ4v) is 4.08. The number of amides is 1. The quantitative estimate of drug-likeness (QED) is 0.852. The van der Waals surface area contributed by atoms with Crippen molar-refractivity contribution in [3.05, 3.63) is 11.6 Å². The number of carbonyl (C=O) groups excluding carboxylic acids is 1. The van der Waals surface area contributed by atoms with Crippen LogP contribution in [0.5, 0.6) is 0 Å². The lowest BCUT2D eigenvalue weighted by Gasteiger charge is -2.25. The Morgan fingerprint density at radius 1 is 1.21 bits per heavy atom.